The molecule has 1 unspecified atom stereocenters. The van der Waals surface area contributed by atoms with Crippen LogP contribution in [0.3, 0.4) is 0 Å². The van der Waals surface area contributed by atoms with Crippen LogP contribution in [0.1, 0.15) is 44.6 Å². The van der Waals surface area contributed by atoms with Gasteiger partial charge in [0.15, 0.2) is 0 Å². The highest BCUT2D eigenvalue weighted by atomic mass is 35.5. The Balaban J connectivity index is 2.62. The van der Waals surface area contributed by atoms with E-state index in [-0.39, 0.29) is 0 Å². The predicted molar refractivity (Wildman–Crippen MR) is 72.3 cm³/mol. The molecule has 0 heterocycles. The summed E-state index contributed by atoms with van der Waals surface area (Å²) in [6, 6.07) is 8.28. The first-order valence-electron chi connectivity index (χ1n) is 6.24. The first-order valence-corrected chi connectivity index (χ1v) is 6.61. The van der Waals surface area contributed by atoms with Crippen molar-refractivity contribution in [2.75, 3.05) is 13.1 Å². The lowest BCUT2D eigenvalue weighted by Crippen LogP contribution is -2.21. The molecule has 0 saturated heterocycles. The van der Waals surface area contributed by atoms with E-state index in [0.29, 0.717) is 5.92 Å². The largest absolute Gasteiger partial charge is 0.316 e. The zero-order chi connectivity index (χ0) is 11.8. The molecule has 0 aromatic heterocycles. The Morgan fingerprint density at radius 2 is 1.88 bits per heavy atom. The van der Waals surface area contributed by atoms with Crippen molar-refractivity contribution in [3.05, 3.63) is 34.9 Å². The van der Waals surface area contributed by atoms with Crippen LogP contribution in [-0.4, -0.2) is 13.1 Å². The number of likely N-dealkylation sites (N-methyl/N-ethyl adjacent to an activating group) is 1. The number of benzene rings is 1. The Bertz CT molecular complexity index is 273. The van der Waals surface area contributed by atoms with Crippen LogP contribution in [0.25, 0.3) is 0 Å². The number of halogens is 1. The summed E-state index contributed by atoms with van der Waals surface area (Å²) in [4.78, 5) is 0. The van der Waals surface area contributed by atoms with Gasteiger partial charge in [-0.3, -0.25) is 0 Å². The maximum absolute atomic E-state index is 5.91. The minimum Gasteiger partial charge on any atom is -0.316 e. The summed E-state index contributed by atoms with van der Waals surface area (Å²) in [5, 5.41) is 4.26. The van der Waals surface area contributed by atoms with Gasteiger partial charge in [-0.05, 0) is 36.6 Å². The molecule has 1 aromatic rings. The molecule has 0 spiro atoms. The molecule has 2 heteroatoms. The molecule has 0 saturated carbocycles. The Morgan fingerprint density at radius 1 is 1.19 bits per heavy atom. The Hall–Kier alpha value is -0.530. The van der Waals surface area contributed by atoms with E-state index in [1.165, 1.54) is 24.8 Å². The van der Waals surface area contributed by atoms with Crippen molar-refractivity contribution in [2.24, 2.45) is 0 Å². The predicted octanol–water partition coefficient (Wildman–Crippen LogP) is 4.22. The minimum absolute atomic E-state index is 0.622. The van der Waals surface area contributed by atoms with Crippen LogP contribution in [0, 0.1) is 0 Å². The fourth-order valence-corrected chi connectivity index (χ4v) is 2.02. The topological polar surface area (TPSA) is 12.0 Å². The van der Waals surface area contributed by atoms with Crippen LogP contribution in [0.2, 0.25) is 5.02 Å². The van der Waals surface area contributed by atoms with Gasteiger partial charge in [0.2, 0.25) is 0 Å². The number of nitrogens with one attached hydrogen (secondary N) is 1. The van der Waals surface area contributed by atoms with E-state index < -0.39 is 0 Å². The van der Waals surface area contributed by atoms with Crippen LogP contribution in [0.15, 0.2) is 24.3 Å². The van der Waals surface area contributed by atoms with E-state index in [1.54, 1.807) is 0 Å². The molecule has 1 aromatic carbocycles. The lowest BCUT2D eigenvalue weighted by atomic mass is 9.93. The SMILES string of the molecule is CCCCC(CNCC)c1ccc(Cl)cc1. The van der Waals surface area contributed by atoms with Crippen LogP contribution in [0.4, 0.5) is 0 Å². The van der Waals surface area contributed by atoms with Gasteiger partial charge in [-0.15, -0.1) is 0 Å². The third kappa shape index (κ3) is 4.54. The van der Waals surface area contributed by atoms with Gasteiger partial charge in [-0.25, -0.2) is 0 Å². The van der Waals surface area contributed by atoms with Gasteiger partial charge >= 0.3 is 0 Å². The van der Waals surface area contributed by atoms with E-state index >= 15 is 0 Å². The second-order valence-electron chi connectivity index (χ2n) is 4.20. The van der Waals surface area contributed by atoms with E-state index in [2.05, 4.69) is 31.3 Å². The van der Waals surface area contributed by atoms with Gasteiger partial charge in [0.25, 0.3) is 0 Å². The molecule has 0 radical (unpaired) electrons. The van der Waals surface area contributed by atoms with Crippen LogP contribution >= 0.6 is 11.6 Å². The molecule has 0 bridgehead atoms. The maximum Gasteiger partial charge on any atom is 0.0406 e. The van der Waals surface area contributed by atoms with Crippen LogP contribution in [0.5, 0.6) is 0 Å². The van der Waals surface area contributed by atoms with Gasteiger partial charge in [0.1, 0.15) is 0 Å². The highest BCUT2D eigenvalue weighted by Crippen LogP contribution is 2.23. The molecule has 1 nitrogen and oxygen atoms in total. The van der Waals surface area contributed by atoms with Crippen molar-refractivity contribution in [3.8, 4) is 0 Å². The molecule has 0 fully saturated rings. The normalized spacial score (nSPS) is 12.7. The van der Waals surface area contributed by atoms with E-state index in [9.17, 15) is 0 Å². The fourth-order valence-electron chi connectivity index (χ4n) is 1.89. The second-order valence-corrected chi connectivity index (χ2v) is 4.63. The third-order valence-electron chi connectivity index (χ3n) is 2.89. The number of rotatable bonds is 7. The quantitative estimate of drug-likeness (QED) is 0.751. The van der Waals surface area contributed by atoms with Crippen molar-refractivity contribution >= 4 is 11.6 Å². The summed E-state index contributed by atoms with van der Waals surface area (Å²) in [6.07, 6.45) is 3.81. The lowest BCUT2D eigenvalue weighted by molar-refractivity contribution is 0.538. The number of unbranched alkanes of at least 4 members (excludes halogenated alkanes) is 1. The molecule has 0 aliphatic carbocycles. The molecule has 16 heavy (non-hydrogen) atoms. The summed E-state index contributed by atoms with van der Waals surface area (Å²) < 4.78 is 0. The molecule has 1 N–H and O–H groups in total. The first-order chi connectivity index (χ1) is 7.77. The monoisotopic (exact) mass is 239 g/mol. The molecule has 1 atom stereocenters. The summed E-state index contributed by atoms with van der Waals surface area (Å²) in [5.74, 6) is 0.622. The van der Waals surface area contributed by atoms with E-state index in [0.717, 1.165) is 18.1 Å². The molecule has 0 aliphatic rings. The van der Waals surface area contributed by atoms with Gasteiger partial charge < -0.3 is 5.32 Å². The average Bonchev–Trinajstić information content (AvgIpc) is 2.31. The van der Waals surface area contributed by atoms with Crippen molar-refractivity contribution in [3.63, 3.8) is 0 Å². The van der Waals surface area contributed by atoms with Crippen LogP contribution < -0.4 is 5.32 Å². The highest BCUT2D eigenvalue weighted by Gasteiger charge is 2.10. The molecular weight excluding hydrogens is 218 g/mol. The average molecular weight is 240 g/mol. The smallest absolute Gasteiger partial charge is 0.0406 e. The van der Waals surface area contributed by atoms with Crippen molar-refractivity contribution in [1.82, 2.24) is 5.32 Å². The second kappa shape index (κ2) is 7.70. The molecular formula is C14H22ClN. The van der Waals surface area contributed by atoms with E-state index in [4.69, 9.17) is 11.6 Å². The van der Waals surface area contributed by atoms with Gasteiger partial charge in [-0.1, -0.05) is 50.4 Å². The van der Waals surface area contributed by atoms with Crippen molar-refractivity contribution < 1.29 is 0 Å². The summed E-state index contributed by atoms with van der Waals surface area (Å²) in [7, 11) is 0. The highest BCUT2D eigenvalue weighted by molar-refractivity contribution is 6.30. The Kier molecular flexibility index (Phi) is 6.51. The zero-order valence-corrected chi connectivity index (χ0v) is 11.1. The maximum atomic E-state index is 5.91. The molecule has 0 amide bonds. The van der Waals surface area contributed by atoms with E-state index in [1.807, 2.05) is 12.1 Å². The number of hydrogen-bond donors (Lipinski definition) is 1. The standard InChI is InChI=1S/C14H22ClN/c1-3-5-6-13(11-16-4-2)12-7-9-14(15)10-8-12/h7-10,13,16H,3-6,11H2,1-2H3. The minimum atomic E-state index is 0.622. The fraction of sp³-hybridized carbons (Fsp3) is 0.571. The Labute approximate surface area is 104 Å². The van der Waals surface area contributed by atoms with Crippen LogP contribution in [-0.2, 0) is 0 Å². The molecule has 1 rings (SSSR count). The molecule has 90 valence electrons. The Morgan fingerprint density at radius 3 is 2.44 bits per heavy atom. The zero-order valence-electron chi connectivity index (χ0n) is 10.3. The summed E-state index contributed by atoms with van der Waals surface area (Å²) in [5.41, 5.74) is 1.40. The van der Waals surface area contributed by atoms with Gasteiger partial charge in [0.05, 0.1) is 0 Å². The summed E-state index contributed by atoms with van der Waals surface area (Å²) >= 11 is 5.91. The third-order valence-corrected chi connectivity index (χ3v) is 3.14. The first kappa shape index (κ1) is 13.5. The van der Waals surface area contributed by atoms with Crippen molar-refractivity contribution in [2.45, 2.75) is 39.0 Å². The lowest BCUT2D eigenvalue weighted by Gasteiger charge is -2.17. The molecule has 0 aliphatic heterocycles. The van der Waals surface area contributed by atoms with Gasteiger partial charge in [-0.2, -0.15) is 0 Å². The van der Waals surface area contributed by atoms with Gasteiger partial charge in [0, 0.05) is 11.6 Å². The number of hydrogen-bond acceptors (Lipinski definition) is 1. The summed E-state index contributed by atoms with van der Waals surface area (Å²) in [6.45, 7) is 6.50. The van der Waals surface area contributed by atoms with Crippen molar-refractivity contribution in [1.29, 1.82) is 0 Å².